The van der Waals surface area contributed by atoms with Gasteiger partial charge in [0, 0.05) is 26.1 Å². The fourth-order valence-corrected chi connectivity index (χ4v) is 2.96. The smallest absolute Gasteiger partial charge is 0.257 e. The molecule has 3 rings (SSSR count). The van der Waals surface area contributed by atoms with Gasteiger partial charge in [-0.25, -0.2) is 4.98 Å². The van der Waals surface area contributed by atoms with Gasteiger partial charge in [-0.05, 0) is 30.5 Å². The van der Waals surface area contributed by atoms with Crippen molar-refractivity contribution in [1.29, 1.82) is 0 Å². The number of aromatic nitrogens is 2. The molecule has 110 valence electrons. The van der Waals surface area contributed by atoms with Gasteiger partial charge in [-0.2, -0.15) is 0 Å². The van der Waals surface area contributed by atoms with E-state index in [4.69, 9.17) is 5.73 Å². The van der Waals surface area contributed by atoms with E-state index in [1.807, 2.05) is 0 Å². The third kappa shape index (κ3) is 2.69. The second kappa shape index (κ2) is 5.33. The van der Waals surface area contributed by atoms with Gasteiger partial charge in [-0.3, -0.25) is 14.7 Å². The van der Waals surface area contributed by atoms with E-state index in [9.17, 15) is 4.79 Å². The maximum Gasteiger partial charge on any atom is 0.257 e. The van der Waals surface area contributed by atoms with Crippen molar-refractivity contribution in [3.63, 3.8) is 0 Å². The number of hydrogen-bond donors (Lipinski definition) is 2. The summed E-state index contributed by atoms with van der Waals surface area (Å²) in [6.45, 7) is 6.66. The summed E-state index contributed by atoms with van der Waals surface area (Å²) in [5, 5.41) is 0. The van der Waals surface area contributed by atoms with E-state index in [1.54, 1.807) is 0 Å². The number of nitrogens with two attached hydrogens (primary N) is 1. The quantitative estimate of drug-likeness (QED) is 0.877. The average molecular weight is 284 g/mol. The van der Waals surface area contributed by atoms with Crippen molar-refractivity contribution in [3.8, 4) is 0 Å². The molecular formula is C16H20N4O. The van der Waals surface area contributed by atoms with Crippen LogP contribution < -0.4 is 11.3 Å². The standard InChI is InChI=1S/C16H20N4O/c1-10-4-3-5-11(2)12(10)8-20-7-6-14-13(9-20)15(21)19-16(17)18-14/h3-5H,6-9H2,1-2H3,(H3,17,18,19,21). The molecule has 0 radical (unpaired) electrons. The second-order valence-electron chi connectivity index (χ2n) is 5.71. The van der Waals surface area contributed by atoms with Gasteiger partial charge >= 0.3 is 0 Å². The largest absolute Gasteiger partial charge is 0.369 e. The van der Waals surface area contributed by atoms with Crippen LogP contribution in [0.3, 0.4) is 0 Å². The molecule has 0 saturated heterocycles. The Kier molecular flexibility index (Phi) is 3.51. The van der Waals surface area contributed by atoms with Gasteiger partial charge in [0.25, 0.3) is 5.56 Å². The van der Waals surface area contributed by atoms with Gasteiger partial charge in [-0.15, -0.1) is 0 Å². The monoisotopic (exact) mass is 284 g/mol. The number of fused-ring (bicyclic) bond motifs is 1. The topological polar surface area (TPSA) is 75.0 Å². The number of benzene rings is 1. The molecule has 0 aliphatic carbocycles. The SMILES string of the molecule is Cc1cccc(C)c1CN1CCc2nc(N)[nH]c(=O)c2C1. The van der Waals surface area contributed by atoms with Crippen molar-refractivity contribution in [2.75, 3.05) is 12.3 Å². The first kappa shape index (κ1) is 13.8. The van der Waals surface area contributed by atoms with E-state index < -0.39 is 0 Å². The zero-order chi connectivity index (χ0) is 15.0. The summed E-state index contributed by atoms with van der Waals surface area (Å²) in [4.78, 5) is 21.1. The summed E-state index contributed by atoms with van der Waals surface area (Å²) in [5.74, 6) is 0.210. The van der Waals surface area contributed by atoms with Gasteiger partial charge in [0.2, 0.25) is 5.95 Å². The molecular weight excluding hydrogens is 264 g/mol. The molecule has 1 aromatic heterocycles. The van der Waals surface area contributed by atoms with Gasteiger partial charge in [0.05, 0.1) is 11.3 Å². The van der Waals surface area contributed by atoms with Crippen molar-refractivity contribution in [2.24, 2.45) is 0 Å². The molecule has 1 aliphatic rings. The van der Waals surface area contributed by atoms with Crippen molar-refractivity contribution in [3.05, 3.63) is 56.5 Å². The van der Waals surface area contributed by atoms with Crippen molar-refractivity contribution in [2.45, 2.75) is 33.4 Å². The Morgan fingerprint density at radius 3 is 2.76 bits per heavy atom. The Hall–Kier alpha value is -2.14. The summed E-state index contributed by atoms with van der Waals surface area (Å²) < 4.78 is 0. The van der Waals surface area contributed by atoms with E-state index >= 15 is 0 Å². The Morgan fingerprint density at radius 2 is 2.05 bits per heavy atom. The van der Waals surface area contributed by atoms with E-state index in [-0.39, 0.29) is 11.5 Å². The van der Waals surface area contributed by atoms with Crippen LogP contribution in [0.1, 0.15) is 27.9 Å². The number of H-pyrrole nitrogens is 1. The van der Waals surface area contributed by atoms with Crippen LogP contribution in [-0.4, -0.2) is 21.4 Å². The van der Waals surface area contributed by atoms with Gasteiger partial charge in [-0.1, -0.05) is 18.2 Å². The maximum atomic E-state index is 12.0. The molecule has 0 atom stereocenters. The number of aromatic amines is 1. The molecule has 0 bridgehead atoms. The molecule has 0 saturated carbocycles. The second-order valence-corrected chi connectivity index (χ2v) is 5.71. The molecule has 3 N–H and O–H groups in total. The van der Waals surface area contributed by atoms with Crippen molar-refractivity contribution >= 4 is 5.95 Å². The predicted molar refractivity (Wildman–Crippen MR) is 83.0 cm³/mol. The molecule has 5 heteroatoms. The highest BCUT2D eigenvalue weighted by Crippen LogP contribution is 2.20. The summed E-state index contributed by atoms with van der Waals surface area (Å²) >= 11 is 0. The number of anilines is 1. The zero-order valence-corrected chi connectivity index (χ0v) is 12.4. The first-order chi connectivity index (χ1) is 10.0. The minimum Gasteiger partial charge on any atom is -0.369 e. The molecule has 1 aromatic carbocycles. The lowest BCUT2D eigenvalue weighted by Gasteiger charge is -2.28. The first-order valence-electron chi connectivity index (χ1n) is 7.19. The third-order valence-electron chi connectivity index (χ3n) is 4.19. The van der Waals surface area contributed by atoms with Crippen LogP contribution in [0.25, 0.3) is 0 Å². The van der Waals surface area contributed by atoms with E-state index in [1.165, 1.54) is 16.7 Å². The molecule has 0 fully saturated rings. The van der Waals surface area contributed by atoms with E-state index in [0.717, 1.165) is 30.8 Å². The summed E-state index contributed by atoms with van der Waals surface area (Å²) in [6.07, 6.45) is 0.772. The number of rotatable bonds is 2. The van der Waals surface area contributed by atoms with Crippen LogP contribution in [0.5, 0.6) is 0 Å². The molecule has 5 nitrogen and oxygen atoms in total. The van der Waals surface area contributed by atoms with Crippen LogP contribution in [0.15, 0.2) is 23.0 Å². The van der Waals surface area contributed by atoms with Crippen LogP contribution in [-0.2, 0) is 19.5 Å². The molecule has 0 spiro atoms. The highest BCUT2D eigenvalue weighted by molar-refractivity contribution is 5.34. The summed E-state index contributed by atoms with van der Waals surface area (Å²) in [7, 11) is 0. The number of hydrogen-bond acceptors (Lipinski definition) is 4. The van der Waals surface area contributed by atoms with E-state index in [0.29, 0.717) is 6.54 Å². The van der Waals surface area contributed by atoms with Crippen molar-refractivity contribution < 1.29 is 0 Å². The Morgan fingerprint density at radius 1 is 1.33 bits per heavy atom. The number of nitrogens with zero attached hydrogens (tertiary/aromatic N) is 2. The molecule has 0 amide bonds. The Labute approximate surface area is 123 Å². The summed E-state index contributed by atoms with van der Waals surface area (Å²) in [5.41, 5.74) is 11.0. The number of nitrogens with one attached hydrogen (secondary N) is 1. The van der Waals surface area contributed by atoms with Crippen molar-refractivity contribution in [1.82, 2.24) is 14.9 Å². The number of aryl methyl sites for hydroxylation is 2. The van der Waals surface area contributed by atoms with Crippen LogP contribution in [0, 0.1) is 13.8 Å². The third-order valence-corrected chi connectivity index (χ3v) is 4.19. The van der Waals surface area contributed by atoms with Gasteiger partial charge in [0.1, 0.15) is 0 Å². The minimum atomic E-state index is -0.108. The average Bonchev–Trinajstić information content (AvgIpc) is 2.43. The van der Waals surface area contributed by atoms with Gasteiger partial charge < -0.3 is 5.73 Å². The van der Waals surface area contributed by atoms with Crippen LogP contribution in [0.2, 0.25) is 0 Å². The lowest BCUT2D eigenvalue weighted by atomic mass is 10.0. The highest BCUT2D eigenvalue weighted by atomic mass is 16.1. The molecule has 2 heterocycles. The maximum absolute atomic E-state index is 12.0. The van der Waals surface area contributed by atoms with Crippen LogP contribution >= 0.6 is 0 Å². The highest BCUT2D eigenvalue weighted by Gasteiger charge is 2.21. The Bertz CT molecular complexity index is 715. The summed E-state index contributed by atoms with van der Waals surface area (Å²) in [6, 6.07) is 6.35. The normalized spacial score (nSPS) is 15.0. The molecule has 1 aliphatic heterocycles. The van der Waals surface area contributed by atoms with Gasteiger partial charge in [0.15, 0.2) is 0 Å². The molecule has 0 unspecified atom stereocenters. The zero-order valence-electron chi connectivity index (χ0n) is 12.4. The molecule has 2 aromatic rings. The Balaban J connectivity index is 1.86. The minimum absolute atomic E-state index is 0.108. The number of nitrogen functional groups attached to an aromatic ring is 1. The lowest BCUT2D eigenvalue weighted by Crippen LogP contribution is -2.35. The lowest BCUT2D eigenvalue weighted by molar-refractivity contribution is 0.241. The predicted octanol–water partition coefficient (Wildman–Crippen LogP) is 1.53. The van der Waals surface area contributed by atoms with Crippen LogP contribution in [0.4, 0.5) is 5.95 Å². The fraction of sp³-hybridized carbons (Fsp3) is 0.375. The fourth-order valence-electron chi connectivity index (χ4n) is 2.96. The molecule has 21 heavy (non-hydrogen) atoms. The van der Waals surface area contributed by atoms with E-state index in [2.05, 4.69) is 46.9 Å². The first-order valence-corrected chi connectivity index (χ1v) is 7.19.